The van der Waals surface area contributed by atoms with Crippen molar-refractivity contribution in [3.05, 3.63) is 47.8 Å². The van der Waals surface area contributed by atoms with Crippen molar-refractivity contribution in [1.82, 2.24) is 9.78 Å². The highest BCUT2D eigenvalue weighted by Gasteiger charge is 2.12. The molecule has 0 unspecified atom stereocenters. The fourth-order valence-electron chi connectivity index (χ4n) is 1.96. The minimum Gasteiger partial charge on any atom is -0.381 e. The second-order valence-electron chi connectivity index (χ2n) is 5.89. The molecule has 0 radical (unpaired) electrons. The van der Waals surface area contributed by atoms with Gasteiger partial charge in [-0.3, -0.25) is 4.68 Å². The van der Waals surface area contributed by atoms with E-state index in [2.05, 4.69) is 68.6 Å². The Hall–Kier alpha value is -1.77. The molecule has 0 atom stereocenters. The molecule has 102 valence electrons. The van der Waals surface area contributed by atoms with E-state index in [0.29, 0.717) is 0 Å². The third-order valence-corrected chi connectivity index (χ3v) is 3.26. The summed E-state index contributed by atoms with van der Waals surface area (Å²) in [6, 6.07) is 8.67. The maximum atomic E-state index is 4.27. The first-order valence-corrected chi connectivity index (χ1v) is 6.85. The number of nitrogens with one attached hydrogen (secondary N) is 1. The molecule has 19 heavy (non-hydrogen) atoms. The topological polar surface area (TPSA) is 29.9 Å². The van der Waals surface area contributed by atoms with Gasteiger partial charge in [-0.15, -0.1) is 0 Å². The summed E-state index contributed by atoms with van der Waals surface area (Å²) >= 11 is 0. The van der Waals surface area contributed by atoms with Gasteiger partial charge in [0.05, 0.1) is 6.20 Å². The summed E-state index contributed by atoms with van der Waals surface area (Å²) in [6.07, 6.45) is 4.00. The third-order valence-electron chi connectivity index (χ3n) is 3.26. The molecular weight excluding hydrogens is 234 g/mol. The van der Waals surface area contributed by atoms with Gasteiger partial charge in [0, 0.05) is 30.5 Å². The Morgan fingerprint density at radius 1 is 1.16 bits per heavy atom. The van der Waals surface area contributed by atoms with Crippen LogP contribution in [0.15, 0.2) is 36.7 Å². The number of nitrogens with zero attached hydrogens (tertiary/aromatic N) is 2. The van der Waals surface area contributed by atoms with Gasteiger partial charge in [0.15, 0.2) is 0 Å². The van der Waals surface area contributed by atoms with Crippen LogP contribution in [0.1, 0.15) is 38.8 Å². The Kier molecular flexibility index (Phi) is 3.93. The molecular formula is C16H23N3. The molecule has 0 aliphatic heterocycles. The number of rotatable bonds is 4. The van der Waals surface area contributed by atoms with Gasteiger partial charge in [0.2, 0.25) is 0 Å². The lowest BCUT2D eigenvalue weighted by atomic mass is 9.87. The molecule has 2 rings (SSSR count). The second-order valence-corrected chi connectivity index (χ2v) is 5.89. The summed E-state index contributed by atoms with van der Waals surface area (Å²) in [6.45, 7) is 10.5. The molecule has 0 aliphatic rings. The van der Waals surface area contributed by atoms with Crippen molar-refractivity contribution < 1.29 is 0 Å². The Balaban J connectivity index is 1.96. The first kappa shape index (κ1) is 13.7. The van der Waals surface area contributed by atoms with Crippen LogP contribution in [-0.4, -0.2) is 9.78 Å². The van der Waals surface area contributed by atoms with E-state index < -0.39 is 0 Å². The van der Waals surface area contributed by atoms with Gasteiger partial charge in [0.25, 0.3) is 0 Å². The number of anilines is 1. The standard InChI is InChI=1S/C16H23N3/c1-5-19-12-13(11-18-19)10-17-15-8-6-14(7-9-15)16(2,3)4/h6-9,11-12,17H,5,10H2,1-4H3. The summed E-state index contributed by atoms with van der Waals surface area (Å²) in [5.41, 5.74) is 3.93. The van der Waals surface area contributed by atoms with Gasteiger partial charge in [-0.2, -0.15) is 5.10 Å². The van der Waals surface area contributed by atoms with Gasteiger partial charge in [-0.1, -0.05) is 32.9 Å². The van der Waals surface area contributed by atoms with E-state index in [1.165, 1.54) is 11.1 Å². The Bertz CT molecular complexity index is 518. The maximum Gasteiger partial charge on any atom is 0.0539 e. The molecule has 1 heterocycles. The van der Waals surface area contributed by atoms with E-state index in [0.717, 1.165) is 18.8 Å². The Morgan fingerprint density at radius 2 is 1.84 bits per heavy atom. The normalized spacial score (nSPS) is 11.6. The van der Waals surface area contributed by atoms with E-state index in [9.17, 15) is 0 Å². The summed E-state index contributed by atoms with van der Waals surface area (Å²) in [4.78, 5) is 0. The Labute approximate surface area is 115 Å². The van der Waals surface area contributed by atoms with Crippen molar-refractivity contribution in [3.8, 4) is 0 Å². The molecule has 0 aliphatic carbocycles. The van der Waals surface area contributed by atoms with Crippen LogP contribution in [0.2, 0.25) is 0 Å². The van der Waals surface area contributed by atoms with Crippen LogP contribution in [0.25, 0.3) is 0 Å². The van der Waals surface area contributed by atoms with Crippen molar-refractivity contribution in [3.63, 3.8) is 0 Å². The highest BCUT2D eigenvalue weighted by Crippen LogP contribution is 2.23. The van der Waals surface area contributed by atoms with Gasteiger partial charge in [-0.05, 0) is 30.0 Å². The first-order chi connectivity index (χ1) is 8.99. The van der Waals surface area contributed by atoms with Gasteiger partial charge in [-0.25, -0.2) is 0 Å². The lowest BCUT2D eigenvalue weighted by Gasteiger charge is -2.19. The van der Waals surface area contributed by atoms with Crippen LogP contribution in [0.5, 0.6) is 0 Å². The van der Waals surface area contributed by atoms with E-state index in [1.807, 2.05) is 10.9 Å². The number of aryl methyl sites for hydroxylation is 1. The molecule has 0 amide bonds. The van der Waals surface area contributed by atoms with E-state index >= 15 is 0 Å². The van der Waals surface area contributed by atoms with Crippen LogP contribution in [0, 0.1) is 0 Å². The number of hydrogen-bond donors (Lipinski definition) is 1. The maximum absolute atomic E-state index is 4.27. The fourth-order valence-corrected chi connectivity index (χ4v) is 1.96. The first-order valence-electron chi connectivity index (χ1n) is 6.85. The van der Waals surface area contributed by atoms with Crippen LogP contribution in [0.4, 0.5) is 5.69 Å². The molecule has 1 aromatic carbocycles. The summed E-state index contributed by atoms with van der Waals surface area (Å²) in [5.74, 6) is 0. The quantitative estimate of drug-likeness (QED) is 0.902. The van der Waals surface area contributed by atoms with Crippen molar-refractivity contribution in [2.45, 2.75) is 46.2 Å². The molecule has 1 N–H and O–H groups in total. The molecule has 0 bridgehead atoms. The van der Waals surface area contributed by atoms with Crippen LogP contribution >= 0.6 is 0 Å². The predicted octanol–water partition coefficient (Wildman–Crippen LogP) is 3.81. The molecule has 0 spiro atoms. The third kappa shape index (κ3) is 3.60. The van der Waals surface area contributed by atoms with E-state index in [4.69, 9.17) is 0 Å². The predicted molar refractivity (Wildman–Crippen MR) is 80.4 cm³/mol. The van der Waals surface area contributed by atoms with Crippen LogP contribution < -0.4 is 5.32 Å². The average molecular weight is 257 g/mol. The minimum atomic E-state index is 0.209. The molecule has 0 fully saturated rings. The van der Waals surface area contributed by atoms with Crippen molar-refractivity contribution in [2.24, 2.45) is 0 Å². The lowest BCUT2D eigenvalue weighted by molar-refractivity contribution is 0.590. The minimum absolute atomic E-state index is 0.209. The highest BCUT2D eigenvalue weighted by molar-refractivity contribution is 5.46. The van der Waals surface area contributed by atoms with Crippen molar-refractivity contribution >= 4 is 5.69 Å². The highest BCUT2D eigenvalue weighted by atomic mass is 15.3. The molecule has 2 aromatic rings. The number of aromatic nitrogens is 2. The monoisotopic (exact) mass is 257 g/mol. The molecule has 0 saturated carbocycles. The molecule has 3 nitrogen and oxygen atoms in total. The van der Waals surface area contributed by atoms with E-state index in [1.54, 1.807) is 0 Å². The summed E-state index contributed by atoms with van der Waals surface area (Å²) in [5, 5.41) is 7.69. The molecule has 1 aromatic heterocycles. The van der Waals surface area contributed by atoms with Gasteiger partial charge in [0.1, 0.15) is 0 Å². The number of hydrogen-bond acceptors (Lipinski definition) is 2. The summed E-state index contributed by atoms with van der Waals surface area (Å²) in [7, 11) is 0. The number of benzene rings is 1. The zero-order valence-corrected chi connectivity index (χ0v) is 12.3. The lowest BCUT2D eigenvalue weighted by Crippen LogP contribution is -2.10. The van der Waals surface area contributed by atoms with Crippen molar-refractivity contribution in [1.29, 1.82) is 0 Å². The largest absolute Gasteiger partial charge is 0.381 e. The average Bonchev–Trinajstić information content (AvgIpc) is 2.84. The zero-order chi connectivity index (χ0) is 13.9. The van der Waals surface area contributed by atoms with E-state index in [-0.39, 0.29) is 5.41 Å². The van der Waals surface area contributed by atoms with Crippen molar-refractivity contribution in [2.75, 3.05) is 5.32 Å². The zero-order valence-electron chi connectivity index (χ0n) is 12.3. The van der Waals surface area contributed by atoms with Crippen LogP contribution in [-0.2, 0) is 18.5 Å². The van der Waals surface area contributed by atoms with Gasteiger partial charge < -0.3 is 5.32 Å². The SMILES string of the molecule is CCn1cc(CNc2ccc(C(C)(C)C)cc2)cn1. The van der Waals surface area contributed by atoms with Gasteiger partial charge >= 0.3 is 0 Å². The smallest absolute Gasteiger partial charge is 0.0539 e. The molecule has 3 heteroatoms. The van der Waals surface area contributed by atoms with Crippen LogP contribution in [0.3, 0.4) is 0 Å². The summed E-state index contributed by atoms with van der Waals surface area (Å²) < 4.78 is 1.94. The Morgan fingerprint density at radius 3 is 2.37 bits per heavy atom. The molecule has 0 saturated heterocycles. The fraction of sp³-hybridized carbons (Fsp3) is 0.438. The second kappa shape index (κ2) is 5.47.